The molecule has 3 nitrogen and oxygen atoms in total. The first-order chi connectivity index (χ1) is 8.13. The van der Waals surface area contributed by atoms with Crippen molar-refractivity contribution in [2.45, 2.75) is 27.2 Å². The van der Waals surface area contributed by atoms with Gasteiger partial charge >= 0.3 is 0 Å². The Hall–Kier alpha value is -1.82. The van der Waals surface area contributed by atoms with E-state index in [-0.39, 0.29) is 5.78 Å². The van der Waals surface area contributed by atoms with Crippen molar-refractivity contribution in [2.24, 2.45) is 0 Å². The van der Waals surface area contributed by atoms with Crippen molar-refractivity contribution in [1.29, 1.82) is 5.26 Å². The number of nitriles is 1. The summed E-state index contributed by atoms with van der Waals surface area (Å²) in [6.07, 6.45) is 1.02. The van der Waals surface area contributed by atoms with Crippen LogP contribution in [0, 0.1) is 11.3 Å². The molecule has 0 unspecified atom stereocenters. The molecule has 0 aliphatic carbocycles. The zero-order chi connectivity index (χ0) is 12.8. The van der Waals surface area contributed by atoms with E-state index in [4.69, 9.17) is 5.26 Å². The second-order valence-electron chi connectivity index (χ2n) is 3.98. The van der Waals surface area contributed by atoms with Gasteiger partial charge in [-0.25, -0.2) is 0 Å². The molecular weight excluding hydrogens is 212 g/mol. The van der Waals surface area contributed by atoms with Gasteiger partial charge in [-0.05, 0) is 38.5 Å². The number of hydrogen-bond donors (Lipinski definition) is 0. The summed E-state index contributed by atoms with van der Waals surface area (Å²) in [5.41, 5.74) is 2.17. The molecule has 90 valence electrons. The predicted molar refractivity (Wildman–Crippen MR) is 69.3 cm³/mol. The molecular formula is C14H18N2O. The van der Waals surface area contributed by atoms with E-state index in [0.717, 1.165) is 25.2 Å². The molecule has 17 heavy (non-hydrogen) atoms. The van der Waals surface area contributed by atoms with Crippen LogP contribution in [-0.2, 0) is 0 Å². The Balaban J connectivity index is 3.25. The maximum absolute atomic E-state index is 11.6. The van der Waals surface area contributed by atoms with E-state index >= 15 is 0 Å². The summed E-state index contributed by atoms with van der Waals surface area (Å²) in [4.78, 5) is 13.7. The number of carbonyl (C=O) groups excluding carboxylic acids is 1. The van der Waals surface area contributed by atoms with Crippen LogP contribution in [-0.4, -0.2) is 18.9 Å². The first kappa shape index (κ1) is 13.2. The third-order valence-electron chi connectivity index (χ3n) is 2.72. The highest BCUT2D eigenvalue weighted by molar-refractivity contribution is 6.00. The van der Waals surface area contributed by atoms with Gasteiger partial charge in [0.2, 0.25) is 0 Å². The van der Waals surface area contributed by atoms with Gasteiger partial charge in [-0.15, -0.1) is 0 Å². The van der Waals surface area contributed by atoms with Crippen molar-refractivity contribution in [1.82, 2.24) is 0 Å². The van der Waals surface area contributed by atoms with Gasteiger partial charge < -0.3 is 4.90 Å². The molecule has 0 saturated heterocycles. The van der Waals surface area contributed by atoms with Crippen LogP contribution in [0.1, 0.15) is 43.1 Å². The molecule has 0 atom stereocenters. The second kappa shape index (κ2) is 6.05. The fourth-order valence-corrected chi connectivity index (χ4v) is 1.88. The quantitative estimate of drug-likeness (QED) is 0.730. The molecule has 1 aromatic rings. The summed E-state index contributed by atoms with van der Waals surface area (Å²) in [6.45, 7) is 7.45. The van der Waals surface area contributed by atoms with Crippen LogP contribution < -0.4 is 4.90 Å². The Bertz CT molecular complexity index is 446. The fourth-order valence-electron chi connectivity index (χ4n) is 1.88. The molecule has 0 aromatic heterocycles. The molecule has 3 heteroatoms. The van der Waals surface area contributed by atoms with Crippen molar-refractivity contribution in [3.8, 4) is 6.07 Å². The van der Waals surface area contributed by atoms with Crippen molar-refractivity contribution in [3.05, 3.63) is 29.3 Å². The lowest BCUT2D eigenvalue weighted by Crippen LogP contribution is -2.25. The standard InChI is InChI=1S/C14H18N2O/c1-4-8-16(5-2)14-9-12(10-15)6-7-13(14)11(3)17/h6-7,9H,4-5,8H2,1-3H3. The monoisotopic (exact) mass is 230 g/mol. The Morgan fingerprint density at radius 2 is 2.12 bits per heavy atom. The van der Waals surface area contributed by atoms with E-state index in [0.29, 0.717) is 11.1 Å². The van der Waals surface area contributed by atoms with Crippen LogP contribution in [0.2, 0.25) is 0 Å². The van der Waals surface area contributed by atoms with Crippen molar-refractivity contribution in [2.75, 3.05) is 18.0 Å². The molecule has 0 aliphatic rings. The molecule has 0 N–H and O–H groups in total. The molecule has 1 rings (SSSR count). The first-order valence-corrected chi connectivity index (χ1v) is 5.94. The van der Waals surface area contributed by atoms with E-state index < -0.39 is 0 Å². The summed E-state index contributed by atoms with van der Waals surface area (Å²) in [5, 5.41) is 8.92. The fraction of sp³-hybridized carbons (Fsp3) is 0.429. The van der Waals surface area contributed by atoms with Gasteiger partial charge in [0.1, 0.15) is 0 Å². The topological polar surface area (TPSA) is 44.1 Å². The van der Waals surface area contributed by atoms with Crippen LogP contribution in [0.15, 0.2) is 18.2 Å². The molecule has 0 saturated carbocycles. The highest BCUT2D eigenvalue weighted by Crippen LogP contribution is 2.23. The van der Waals surface area contributed by atoms with Crippen molar-refractivity contribution in [3.63, 3.8) is 0 Å². The number of anilines is 1. The van der Waals surface area contributed by atoms with E-state index in [1.807, 2.05) is 0 Å². The Morgan fingerprint density at radius 1 is 1.41 bits per heavy atom. The van der Waals surface area contributed by atoms with Gasteiger partial charge in [-0.1, -0.05) is 6.92 Å². The average molecular weight is 230 g/mol. The van der Waals surface area contributed by atoms with Crippen molar-refractivity contribution < 1.29 is 4.79 Å². The number of Topliss-reactive ketones (excluding diaryl/α,β-unsaturated/α-hetero) is 1. The minimum Gasteiger partial charge on any atom is -0.371 e. The van der Waals surface area contributed by atoms with Gasteiger partial charge in [-0.3, -0.25) is 4.79 Å². The first-order valence-electron chi connectivity index (χ1n) is 5.94. The Morgan fingerprint density at radius 3 is 2.59 bits per heavy atom. The van der Waals surface area contributed by atoms with Gasteiger partial charge in [-0.2, -0.15) is 5.26 Å². The number of benzene rings is 1. The zero-order valence-electron chi connectivity index (χ0n) is 10.7. The molecule has 0 radical (unpaired) electrons. The normalized spacial score (nSPS) is 9.76. The SMILES string of the molecule is CCCN(CC)c1cc(C#N)ccc1C(C)=O. The molecule has 0 aliphatic heterocycles. The van der Waals surface area contributed by atoms with Crippen LogP contribution in [0.5, 0.6) is 0 Å². The highest BCUT2D eigenvalue weighted by Gasteiger charge is 2.13. The summed E-state index contributed by atoms with van der Waals surface area (Å²) in [7, 11) is 0. The lowest BCUT2D eigenvalue weighted by molar-refractivity contribution is 0.101. The third kappa shape index (κ3) is 3.07. The highest BCUT2D eigenvalue weighted by atomic mass is 16.1. The average Bonchev–Trinajstić information content (AvgIpc) is 2.35. The molecule has 0 heterocycles. The number of hydrogen-bond acceptors (Lipinski definition) is 3. The molecule has 0 bridgehead atoms. The lowest BCUT2D eigenvalue weighted by Gasteiger charge is -2.24. The van der Waals surface area contributed by atoms with E-state index in [1.54, 1.807) is 25.1 Å². The van der Waals surface area contributed by atoms with Crippen molar-refractivity contribution >= 4 is 11.5 Å². The zero-order valence-corrected chi connectivity index (χ0v) is 10.7. The summed E-state index contributed by atoms with van der Waals surface area (Å²) in [6, 6.07) is 7.36. The van der Waals surface area contributed by atoms with E-state index in [9.17, 15) is 4.79 Å². The summed E-state index contributed by atoms with van der Waals surface area (Å²) < 4.78 is 0. The minimum atomic E-state index is 0.0408. The summed E-state index contributed by atoms with van der Waals surface area (Å²) >= 11 is 0. The number of carbonyl (C=O) groups is 1. The van der Waals surface area contributed by atoms with Crippen LogP contribution in [0.25, 0.3) is 0 Å². The minimum absolute atomic E-state index is 0.0408. The maximum atomic E-state index is 11.6. The van der Waals surface area contributed by atoms with Gasteiger partial charge in [0.15, 0.2) is 5.78 Å². The summed E-state index contributed by atoms with van der Waals surface area (Å²) in [5.74, 6) is 0.0408. The van der Waals surface area contributed by atoms with Gasteiger partial charge in [0.25, 0.3) is 0 Å². The third-order valence-corrected chi connectivity index (χ3v) is 2.72. The molecule has 0 spiro atoms. The number of ketones is 1. The van der Waals surface area contributed by atoms with E-state index in [2.05, 4.69) is 24.8 Å². The van der Waals surface area contributed by atoms with E-state index in [1.165, 1.54) is 0 Å². The van der Waals surface area contributed by atoms with Crippen LogP contribution in [0.4, 0.5) is 5.69 Å². The van der Waals surface area contributed by atoms with Crippen LogP contribution >= 0.6 is 0 Å². The molecule has 1 aromatic carbocycles. The molecule has 0 amide bonds. The Kier molecular flexibility index (Phi) is 4.71. The lowest BCUT2D eigenvalue weighted by atomic mass is 10.1. The number of nitrogens with zero attached hydrogens (tertiary/aromatic N) is 2. The largest absolute Gasteiger partial charge is 0.371 e. The maximum Gasteiger partial charge on any atom is 0.161 e. The predicted octanol–water partition coefficient (Wildman–Crippen LogP) is 3.00. The Labute approximate surface area is 103 Å². The number of rotatable bonds is 5. The van der Waals surface area contributed by atoms with Gasteiger partial charge in [0.05, 0.1) is 11.6 Å². The van der Waals surface area contributed by atoms with Gasteiger partial charge in [0, 0.05) is 24.3 Å². The smallest absolute Gasteiger partial charge is 0.161 e. The molecule has 0 fully saturated rings. The van der Waals surface area contributed by atoms with Crippen LogP contribution in [0.3, 0.4) is 0 Å². The second-order valence-corrected chi connectivity index (χ2v) is 3.98.